The molecule has 0 amide bonds. The van der Waals surface area contributed by atoms with Crippen LogP contribution >= 0.6 is 0 Å². The minimum absolute atomic E-state index is 1.22. The zero-order valence-electron chi connectivity index (χ0n) is 15.0. The van der Waals surface area contributed by atoms with Crippen LogP contribution in [0.4, 0.5) is 0 Å². The van der Waals surface area contributed by atoms with E-state index in [2.05, 4.69) is 60.8 Å². The Morgan fingerprint density at radius 1 is 0.261 bits per heavy atom. The van der Waals surface area contributed by atoms with Crippen LogP contribution in [0.1, 0.15) is 83.5 Å². The highest BCUT2D eigenvalue weighted by Gasteiger charge is 1.93. The van der Waals surface area contributed by atoms with Crippen LogP contribution in [0.25, 0.3) is 0 Å². The summed E-state index contributed by atoms with van der Waals surface area (Å²) < 4.78 is 0. The summed E-state index contributed by atoms with van der Waals surface area (Å²) in [6.07, 6.45) is 39.5. The molecule has 0 nitrogen and oxygen atoms in total. The molecule has 0 radical (unpaired) electrons. The van der Waals surface area contributed by atoms with E-state index in [0.717, 1.165) is 0 Å². The van der Waals surface area contributed by atoms with Gasteiger partial charge in [-0.15, -0.1) is 0 Å². The number of rotatable bonds is 0. The monoisotopic (exact) mass is 312 g/mol. The zero-order chi connectivity index (χ0) is 16.3. The highest BCUT2D eigenvalue weighted by molar-refractivity contribution is 5.17. The molecule has 0 aromatic carbocycles. The van der Waals surface area contributed by atoms with Crippen molar-refractivity contribution in [2.45, 2.75) is 83.5 Å². The third-order valence-electron chi connectivity index (χ3n) is 4.29. The lowest BCUT2D eigenvalue weighted by Gasteiger charge is -2.02. The van der Waals surface area contributed by atoms with Gasteiger partial charge in [0, 0.05) is 0 Å². The second kappa shape index (κ2) is 17.1. The van der Waals surface area contributed by atoms with Crippen LogP contribution in [0.3, 0.4) is 0 Å². The van der Waals surface area contributed by atoms with Crippen molar-refractivity contribution in [3.8, 4) is 0 Å². The van der Waals surface area contributed by atoms with Gasteiger partial charge in [0.2, 0.25) is 0 Å². The van der Waals surface area contributed by atoms with Gasteiger partial charge >= 0.3 is 0 Å². The average molecular weight is 313 g/mol. The van der Waals surface area contributed by atoms with Gasteiger partial charge < -0.3 is 0 Å². The van der Waals surface area contributed by atoms with Crippen molar-refractivity contribution in [1.82, 2.24) is 0 Å². The Balaban J connectivity index is 2.27. The minimum Gasteiger partial charge on any atom is -0.0845 e. The molecule has 1 aliphatic carbocycles. The molecular weight excluding hydrogens is 276 g/mol. The fraction of sp³-hybridized carbons (Fsp3) is 0.565. The van der Waals surface area contributed by atoms with Gasteiger partial charge in [-0.25, -0.2) is 0 Å². The second-order valence-electron chi connectivity index (χ2n) is 6.48. The van der Waals surface area contributed by atoms with Crippen LogP contribution in [0, 0.1) is 0 Å². The smallest absolute Gasteiger partial charge is 0.0348 e. The number of allylic oxidation sites excluding steroid dienone is 10. The maximum absolute atomic E-state index is 2.29. The molecule has 0 aliphatic heterocycles. The van der Waals surface area contributed by atoms with Crippen molar-refractivity contribution in [2.24, 2.45) is 0 Å². The molecule has 0 bridgehead atoms. The van der Waals surface area contributed by atoms with E-state index < -0.39 is 0 Å². The summed E-state index contributed by atoms with van der Waals surface area (Å²) in [6, 6.07) is 0. The molecule has 0 heteroatoms. The molecule has 23 heavy (non-hydrogen) atoms. The summed E-state index contributed by atoms with van der Waals surface area (Å²) in [5.41, 5.74) is 0. The van der Waals surface area contributed by atoms with Crippen molar-refractivity contribution >= 4 is 0 Å². The molecule has 1 aliphatic rings. The van der Waals surface area contributed by atoms with Crippen molar-refractivity contribution in [2.75, 3.05) is 0 Å². The average Bonchev–Trinajstić information content (AvgIpc) is 2.56. The molecule has 0 aromatic heterocycles. The molecule has 0 aromatic rings. The fourth-order valence-electron chi connectivity index (χ4n) is 2.85. The van der Waals surface area contributed by atoms with E-state index in [1.54, 1.807) is 0 Å². The summed E-state index contributed by atoms with van der Waals surface area (Å²) >= 11 is 0. The van der Waals surface area contributed by atoms with Crippen LogP contribution in [0.15, 0.2) is 60.8 Å². The van der Waals surface area contributed by atoms with Crippen molar-refractivity contribution < 1.29 is 0 Å². The van der Waals surface area contributed by atoms with Gasteiger partial charge in [-0.05, 0) is 25.7 Å². The van der Waals surface area contributed by atoms with Crippen LogP contribution < -0.4 is 0 Å². The van der Waals surface area contributed by atoms with Gasteiger partial charge in [0.15, 0.2) is 0 Å². The third kappa shape index (κ3) is 15.4. The molecule has 0 atom stereocenters. The predicted octanol–water partition coefficient (Wildman–Crippen LogP) is 7.85. The van der Waals surface area contributed by atoms with Crippen LogP contribution in [-0.2, 0) is 0 Å². The first kappa shape index (κ1) is 19.7. The van der Waals surface area contributed by atoms with E-state index in [9.17, 15) is 0 Å². The van der Waals surface area contributed by atoms with E-state index >= 15 is 0 Å². The molecular formula is C23H36. The topological polar surface area (TPSA) is 0 Å². The predicted molar refractivity (Wildman–Crippen MR) is 106 cm³/mol. The molecule has 0 fully saturated rings. The number of hydrogen-bond donors (Lipinski definition) is 0. The van der Waals surface area contributed by atoms with Crippen molar-refractivity contribution in [3.05, 3.63) is 60.8 Å². The molecule has 0 saturated carbocycles. The summed E-state index contributed by atoms with van der Waals surface area (Å²) in [5.74, 6) is 0. The first-order valence-corrected chi connectivity index (χ1v) is 9.82. The van der Waals surface area contributed by atoms with Gasteiger partial charge in [0.1, 0.15) is 0 Å². The standard InChI is InChI=1S/C23H36/c1-2-4-6-8-10-12-14-16-18-20-22-23-21-19-17-15-13-11-9-7-5-3-1/h1-10H,11-23H2/b2-1-,5-3-,6-4-,9-7-,10-8?. The van der Waals surface area contributed by atoms with E-state index in [4.69, 9.17) is 0 Å². The van der Waals surface area contributed by atoms with Crippen molar-refractivity contribution in [3.63, 3.8) is 0 Å². The maximum Gasteiger partial charge on any atom is -0.0348 e. The van der Waals surface area contributed by atoms with Gasteiger partial charge in [0.05, 0.1) is 0 Å². The SMILES string of the molecule is C1=CCCCCCCCCCCCCC\C=C/C=C\C=C/C=C\1. The summed E-state index contributed by atoms with van der Waals surface area (Å²) in [4.78, 5) is 0. The number of hydrogen-bond acceptors (Lipinski definition) is 0. The van der Waals surface area contributed by atoms with Crippen LogP contribution in [0.5, 0.6) is 0 Å². The molecule has 0 spiro atoms. The normalized spacial score (nSPS) is 26.1. The zero-order valence-corrected chi connectivity index (χ0v) is 15.0. The first-order valence-electron chi connectivity index (χ1n) is 9.82. The highest BCUT2D eigenvalue weighted by Crippen LogP contribution is 2.12. The fourth-order valence-corrected chi connectivity index (χ4v) is 2.85. The Labute approximate surface area is 144 Å². The van der Waals surface area contributed by atoms with Gasteiger partial charge in [-0.1, -0.05) is 119 Å². The maximum atomic E-state index is 2.29. The lowest BCUT2D eigenvalue weighted by atomic mass is 10.0. The lowest BCUT2D eigenvalue weighted by Crippen LogP contribution is -1.82. The van der Waals surface area contributed by atoms with E-state index in [-0.39, 0.29) is 0 Å². The Bertz CT molecular complexity index is 343. The lowest BCUT2D eigenvalue weighted by molar-refractivity contribution is 0.547. The van der Waals surface area contributed by atoms with Crippen molar-refractivity contribution in [1.29, 1.82) is 0 Å². The third-order valence-corrected chi connectivity index (χ3v) is 4.29. The van der Waals surface area contributed by atoms with Crippen LogP contribution in [-0.4, -0.2) is 0 Å². The molecule has 0 saturated heterocycles. The van der Waals surface area contributed by atoms with Crippen LogP contribution in [0.2, 0.25) is 0 Å². The molecule has 1 rings (SSSR count). The van der Waals surface area contributed by atoms with E-state index in [0.29, 0.717) is 0 Å². The Hall–Kier alpha value is -1.30. The molecule has 0 N–H and O–H groups in total. The summed E-state index contributed by atoms with van der Waals surface area (Å²) in [7, 11) is 0. The Kier molecular flexibility index (Phi) is 14.6. The molecule has 0 heterocycles. The van der Waals surface area contributed by atoms with Gasteiger partial charge in [-0.2, -0.15) is 0 Å². The Morgan fingerprint density at radius 3 is 0.870 bits per heavy atom. The second-order valence-corrected chi connectivity index (χ2v) is 6.48. The molecule has 128 valence electrons. The minimum atomic E-state index is 1.22. The largest absolute Gasteiger partial charge is 0.0845 e. The highest BCUT2D eigenvalue weighted by atomic mass is 14.0. The molecule has 0 unspecified atom stereocenters. The quantitative estimate of drug-likeness (QED) is 0.427. The first-order chi connectivity index (χ1) is 11.5. The Morgan fingerprint density at radius 2 is 0.522 bits per heavy atom. The van der Waals surface area contributed by atoms with E-state index in [1.165, 1.54) is 83.5 Å². The van der Waals surface area contributed by atoms with Gasteiger partial charge in [-0.3, -0.25) is 0 Å². The van der Waals surface area contributed by atoms with E-state index in [1.807, 2.05) is 0 Å². The summed E-state index contributed by atoms with van der Waals surface area (Å²) in [5, 5.41) is 0. The summed E-state index contributed by atoms with van der Waals surface area (Å²) in [6.45, 7) is 0. The van der Waals surface area contributed by atoms with Gasteiger partial charge in [0.25, 0.3) is 0 Å².